The monoisotopic (exact) mass is 454 g/mol. The van der Waals surface area contributed by atoms with Crippen molar-refractivity contribution < 1.29 is 17.9 Å². The van der Waals surface area contributed by atoms with E-state index in [1.54, 1.807) is 39.2 Å². The zero-order valence-corrected chi connectivity index (χ0v) is 20.0. The first kappa shape index (κ1) is 23.8. The molecule has 32 heavy (non-hydrogen) atoms. The van der Waals surface area contributed by atoms with E-state index in [1.165, 1.54) is 4.31 Å². The molecule has 0 spiro atoms. The van der Waals surface area contributed by atoms with Gasteiger partial charge in [-0.15, -0.1) is 0 Å². The summed E-state index contributed by atoms with van der Waals surface area (Å²) in [4.78, 5) is 13.2. The SMILES string of the molecule is CCN(CC)S(=O)(=O)c1ccc(C)c(NC(=O)[C@H](C)c2ccc3cc(OC)ccc3c2)c1. The van der Waals surface area contributed by atoms with E-state index in [9.17, 15) is 13.2 Å². The van der Waals surface area contributed by atoms with Crippen LogP contribution in [0.5, 0.6) is 5.75 Å². The summed E-state index contributed by atoms with van der Waals surface area (Å²) in [6.45, 7) is 8.07. The number of hydrogen-bond donors (Lipinski definition) is 1. The van der Waals surface area contributed by atoms with E-state index in [2.05, 4.69) is 5.32 Å². The fourth-order valence-electron chi connectivity index (χ4n) is 3.64. The first-order valence-electron chi connectivity index (χ1n) is 10.7. The summed E-state index contributed by atoms with van der Waals surface area (Å²) < 4.78 is 32.4. The molecule has 0 fully saturated rings. The second kappa shape index (κ2) is 9.71. The number of amides is 1. The Morgan fingerprint density at radius 3 is 2.31 bits per heavy atom. The fourth-order valence-corrected chi connectivity index (χ4v) is 5.12. The molecule has 0 aliphatic carbocycles. The van der Waals surface area contributed by atoms with E-state index < -0.39 is 15.9 Å². The Bertz CT molecular complexity index is 1230. The average Bonchev–Trinajstić information content (AvgIpc) is 2.79. The molecule has 3 rings (SSSR count). The summed E-state index contributed by atoms with van der Waals surface area (Å²) >= 11 is 0. The van der Waals surface area contributed by atoms with Crippen LogP contribution < -0.4 is 10.1 Å². The number of ether oxygens (including phenoxy) is 1. The predicted molar refractivity (Wildman–Crippen MR) is 129 cm³/mol. The van der Waals surface area contributed by atoms with Crippen molar-refractivity contribution in [2.75, 3.05) is 25.5 Å². The number of anilines is 1. The van der Waals surface area contributed by atoms with Crippen LogP contribution >= 0.6 is 0 Å². The molecule has 0 unspecified atom stereocenters. The Morgan fingerprint density at radius 1 is 1.00 bits per heavy atom. The van der Waals surface area contributed by atoms with Gasteiger partial charge in [-0.1, -0.05) is 44.2 Å². The van der Waals surface area contributed by atoms with Gasteiger partial charge in [0.15, 0.2) is 0 Å². The first-order chi connectivity index (χ1) is 15.2. The standard InChI is InChI=1S/C25H30N2O4S/c1-6-27(7-2)32(29,30)23-13-8-17(3)24(16-23)26-25(28)18(4)19-9-10-21-15-22(31-5)12-11-20(21)14-19/h8-16,18H,6-7H2,1-5H3,(H,26,28)/t18-/m1/s1. The Morgan fingerprint density at radius 2 is 1.66 bits per heavy atom. The number of nitrogens with one attached hydrogen (secondary N) is 1. The number of rotatable bonds is 8. The molecule has 1 atom stereocenters. The molecule has 7 heteroatoms. The maximum absolute atomic E-state index is 13.0. The van der Waals surface area contributed by atoms with Gasteiger partial charge in [0.05, 0.1) is 17.9 Å². The predicted octanol–water partition coefficient (Wildman–Crippen LogP) is 4.93. The highest BCUT2D eigenvalue weighted by Crippen LogP contribution is 2.28. The van der Waals surface area contributed by atoms with Crippen molar-refractivity contribution in [2.24, 2.45) is 0 Å². The molecule has 170 valence electrons. The molecule has 0 bridgehead atoms. The van der Waals surface area contributed by atoms with Gasteiger partial charge in [0, 0.05) is 18.8 Å². The molecule has 0 radical (unpaired) electrons. The van der Waals surface area contributed by atoms with Gasteiger partial charge in [-0.25, -0.2) is 8.42 Å². The highest BCUT2D eigenvalue weighted by Gasteiger charge is 2.23. The van der Waals surface area contributed by atoms with Crippen LogP contribution in [0.1, 0.15) is 37.8 Å². The van der Waals surface area contributed by atoms with Crippen LogP contribution in [0.3, 0.4) is 0 Å². The second-order valence-corrected chi connectivity index (χ2v) is 9.69. The maximum atomic E-state index is 13.0. The van der Waals surface area contributed by atoms with Crippen molar-refractivity contribution in [3.8, 4) is 5.75 Å². The molecule has 6 nitrogen and oxygen atoms in total. The summed E-state index contributed by atoms with van der Waals surface area (Å²) in [5.74, 6) is 0.174. The Hall–Kier alpha value is -2.90. The minimum atomic E-state index is -3.61. The van der Waals surface area contributed by atoms with Gasteiger partial charge in [0.25, 0.3) is 0 Å². The van der Waals surface area contributed by atoms with Crippen LogP contribution in [0.15, 0.2) is 59.5 Å². The smallest absolute Gasteiger partial charge is 0.243 e. The summed E-state index contributed by atoms with van der Waals surface area (Å²) in [7, 11) is -1.98. The van der Waals surface area contributed by atoms with Crippen molar-refractivity contribution in [2.45, 2.75) is 38.5 Å². The number of fused-ring (bicyclic) bond motifs is 1. The average molecular weight is 455 g/mol. The number of sulfonamides is 1. The highest BCUT2D eigenvalue weighted by atomic mass is 32.2. The lowest BCUT2D eigenvalue weighted by Crippen LogP contribution is -2.30. The van der Waals surface area contributed by atoms with E-state index in [1.807, 2.05) is 50.2 Å². The van der Waals surface area contributed by atoms with Gasteiger partial charge >= 0.3 is 0 Å². The molecule has 3 aromatic rings. The van der Waals surface area contributed by atoms with E-state index in [0.29, 0.717) is 18.8 Å². The third-order valence-corrected chi connectivity index (χ3v) is 7.82. The number of nitrogens with zero attached hydrogens (tertiary/aromatic N) is 1. The number of benzene rings is 3. The van der Waals surface area contributed by atoms with Crippen LogP contribution in [0.2, 0.25) is 0 Å². The number of methoxy groups -OCH3 is 1. The normalized spacial score (nSPS) is 12.7. The number of hydrogen-bond acceptors (Lipinski definition) is 4. The van der Waals surface area contributed by atoms with Gasteiger partial charge in [-0.2, -0.15) is 4.31 Å². The van der Waals surface area contributed by atoms with Crippen molar-refractivity contribution in [3.63, 3.8) is 0 Å². The molecular formula is C25H30N2O4S. The Kier molecular flexibility index (Phi) is 7.21. The van der Waals surface area contributed by atoms with Crippen LogP contribution in [-0.4, -0.2) is 38.8 Å². The van der Waals surface area contributed by atoms with Crippen LogP contribution in [0.25, 0.3) is 10.8 Å². The zero-order chi connectivity index (χ0) is 23.5. The van der Waals surface area contributed by atoms with Crippen LogP contribution in [0, 0.1) is 6.92 Å². The summed E-state index contributed by atoms with van der Waals surface area (Å²) in [5.41, 5.74) is 2.18. The molecule has 0 aliphatic heterocycles. The van der Waals surface area contributed by atoms with Crippen molar-refractivity contribution in [1.29, 1.82) is 0 Å². The zero-order valence-electron chi connectivity index (χ0n) is 19.2. The van der Waals surface area contributed by atoms with Crippen LogP contribution in [0.4, 0.5) is 5.69 Å². The van der Waals surface area contributed by atoms with Crippen LogP contribution in [-0.2, 0) is 14.8 Å². The van der Waals surface area contributed by atoms with Gasteiger partial charge in [0.1, 0.15) is 5.75 Å². The highest BCUT2D eigenvalue weighted by molar-refractivity contribution is 7.89. The fraction of sp³-hybridized carbons (Fsp3) is 0.320. The van der Waals surface area contributed by atoms with Gasteiger partial charge < -0.3 is 10.1 Å². The van der Waals surface area contributed by atoms with Crippen molar-refractivity contribution in [3.05, 3.63) is 65.7 Å². The molecular weight excluding hydrogens is 424 g/mol. The quantitative estimate of drug-likeness (QED) is 0.524. The van der Waals surface area contributed by atoms with E-state index in [-0.39, 0.29) is 10.8 Å². The molecule has 0 aromatic heterocycles. The largest absolute Gasteiger partial charge is 0.497 e. The Labute approximate surface area is 190 Å². The molecule has 0 saturated carbocycles. The molecule has 0 aliphatic rings. The van der Waals surface area contributed by atoms with Gasteiger partial charge in [-0.05, 0) is 60.0 Å². The molecule has 0 saturated heterocycles. The topological polar surface area (TPSA) is 75.7 Å². The van der Waals surface area contributed by atoms with E-state index in [4.69, 9.17) is 4.74 Å². The lowest BCUT2D eigenvalue weighted by Gasteiger charge is -2.20. The number of carbonyl (C=O) groups is 1. The molecule has 0 heterocycles. The summed E-state index contributed by atoms with van der Waals surface area (Å²) in [5, 5.41) is 4.97. The maximum Gasteiger partial charge on any atom is 0.243 e. The minimum absolute atomic E-state index is 0.175. The lowest BCUT2D eigenvalue weighted by atomic mass is 9.96. The third-order valence-electron chi connectivity index (χ3n) is 5.77. The minimum Gasteiger partial charge on any atom is -0.497 e. The van der Waals surface area contributed by atoms with Gasteiger partial charge in [-0.3, -0.25) is 4.79 Å². The summed E-state index contributed by atoms with van der Waals surface area (Å²) in [6.07, 6.45) is 0. The Balaban J connectivity index is 1.86. The first-order valence-corrected chi connectivity index (χ1v) is 12.1. The number of carbonyl (C=O) groups excluding carboxylic acids is 1. The van der Waals surface area contributed by atoms with Crippen molar-refractivity contribution >= 4 is 32.4 Å². The number of aryl methyl sites for hydroxylation is 1. The van der Waals surface area contributed by atoms with E-state index >= 15 is 0 Å². The van der Waals surface area contributed by atoms with Crippen molar-refractivity contribution in [1.82, 2.24) is 4.31 Å². The molecule has 1 amide bonds. The van der Waals surface area contributed by atoms with Gasteiger partial charge in [0.2, 0.25) is 15.9 Å². The molecule has 1 N–H and O–H groups in total. The lowest BCUT2D eigenvalue weighted by molar-refractivity contribution is -0.117. The van der Waals surface area contributed by atoms with E-state index in [0.717, 1.165) is 27.6 Å². The molecule has 3 aromatic carbocycles. The second-order valence-electron chi connectivity index (χ2n) is 7.75. The summed E-state index contributed by atoms with van der Waals surface area (Å²) in [6, 6.07) is 16.6. The third kappa shape index (κ3) is 4.79.